The number of hydrogen-bond donors (Lipinski definition) is 0. The SMILES string of the molecule is C=CC1CN(C(=O)C(F)(F)F)C1. The first-order valence-electron chi connectivity index (χ1n) is 3.44. The molecular weight excluding hydrogens is 171 g/mol. The van der Waals surface area contributed by atoms with E-state index in [1.54, 1.807) is 6.08 Å². The standard InChI is InChI=1S/C7H8F3NO/c1-2-5-3-11(4-5)6(12)7(8,9)10/h2,5H,1,3-4H2. The van der Waals surface area contributed by atoms with Crippen molar-refractivity contribution in [3.8, 4) is 0 Å². The molecule has 5 heteroatoms. The molecule has 1 rings (SSSR count). The Balaban J connectivity index is 2.43. The molecule has 1 fully saturated rings. The zero-order valence-corrected chi connectivity index (χ0v) is 6.27. The number of amides is 1. The van der Waals surface area contributed by atoms with Crippen molar-refractivity contribution in [3.05, 3.63) is 12.7 Å². The molecule has 1 saturated heterocycles. The van der Waals surface area contributed by atoms with Gasteiger partial charge in [-0.2, -0.15) is 13.2 Å². The summed E-state index contributed by atoms with van der Waals surface area (Å²) < 4.78 is 35.2. The van der Waals surface area contributed by atoms with Crippen LogP contribution in [-0.4, -0.2) is 30.1 Å². The highest BCUT2D eigenvalue weighted by Gasteiger charge is 2.45. The highest BCUT2D eigenvalue weighted by atomic mass is 19.4. The average molecular weight is 179 g/mol. The second-order valence-corrected chi connectivity index (χ2v) is 2.70. The Labute approximate surface area is 67.7 Å². The predicted molar refractivity (Wildman–Crippen MR) is 36.3 cm³/mol. The van der Waals surface area contributed by atoms with Crippen LogP contribution in [0.15, 0.2) is 12.7 Å². The van der Waals surface area contributed by atoms with Crippen molar-refractivity contribution in [3.63, 3.8) is 0 Å². The third-order valence-electron chi connectivity index (χ3n) is 1.77. The lowest BCUT2D eigenvalue weighted by molar-refractivity contribution is -0.190. The maximum Gasteiger partial charge on any atom is 0.471 e. The molecule has 0 radical (unpaired) electrons. The Morgan fingerprint density at radius 3 is 2.33 bits per heavy atom. The normalized spacial score (nSPS) is 18.8. The molecule has 1 aliphatic rings. The maximum atomic E-state index is 11.7. The molecule has 68 valence electrons. The molecule has 0 aliphatic carbocycles. The van der Waals surface area contributed by atoms with Gasteiger partial charge in [-0.3, -0.25) is 4.79 Å². The summed E-state index contributed by atoms with van der Waals surface area (Å²) in [5.74, 6) is -1.73. The zero-order chi connectivity index (χ0) is 9.35. The summed E-state index contributed by atoms with van der Waals surface area (Å²) in [7, 11) is 0. The van der Waals surface area contributed by atoms with Gasteiger partial charge in [0.15, 0.2) is 0 Å². The summed E-state index contributed by atoms with van der Waals surface area (Å²) in [6.45, 7) is 3.70. The summed E-state index contributed by atoms with van der Waals surface area (Å²) in [6.07, 6.45) is -3.17. The highest BCUT2D eigenvalue weighted by molar-refractivity contribution is 5.82. The summed E-state index contributed by atoms with van der Waals surface area (Å²) in [5.41, 5.74) is 0. The number of hydrogen-bond acceptors (Lipinski definition) is 1. The van der Waals surface area contributed by atoms with Crippen LogP contribution >= 0.6 is 0 Å². The van der Waals surface area contributed by atoms with Gasteiger partial charge >= 0.3 is 12.1 Å². The van der Waals surface area contributed by atoms with E-state index in [2.05, 4.69) is 6.58 Å². The summed E-state index contributed by atoms with van der Waals surface area (Å²) in [4.78, 5) is 11.2. The number of likely N-dealkylation sites (tertiary alicyclic amines) is 1. The quantitative estimate of drug-likeness (QED) is 0.554. The molecule has 1 amide bonds. The molecule has 0 unspecified atom stereocenters. The van der Waals surface area contributed by atoms with Crippen LogP contribution in [0.25, 0.3) is 0 Å². The fourth-order valence-corrected chi connectivity index (χ4v) is 1.01. The van der Waals surface area contributed by atoms with E-state index in [9.17, 15) is 18.0 Å². The summed E-state index contributed by atoms with van der Waals surface area (Å²) in [5, 5.41) is 0. The molecule has 0 aromatic carbocycles. The predicted octanol–water partition coefficient (Wildman–Crippen LogP) is 1.19. The van der Waals surface area contributed by atoms with Crippen LogP contribution in [0.1, 0.15) is 0 Å². The molecular formula is C7H8F3NO. The molecule has 0 saturated carbocycles. The lowest BCUT2D eigenvalue weighted by Crippen LogP contribution is -2.53. The molecule has 0 aromatic rings. The third kappa shape index (κ3) is 1.60. The van der Waals surface area contributed by atoms with E-state index in [0.29, 0.717) is 0 Å². The van der Waals surface area contributed by atoms with Crippen molar-refractivity contribution in [2.45, 2.75) is 6.18 Å². The highest BCUT2D eigenvalue weighted by Crippen LogP contribution is 2.24. The summed E-state index contributed by atoms with van der Waals surface area (Å²) in [6, 6.07) is 0. The van der Waals surface area contributed by atoms with Crippen LogP contribution < -0.4 is 0 Å². The first kappa shape index (κ1) is 9.09. The molecule has 1 aliphatic heterocycles. The van der Waals surface area contributed by atoms with E-state index in [-0.39, 0.29) is 19.0 Å². The Hall–Kier alpha value is -1.00. The van der Waals surface area contributed by atoms with Crippen molar-refractivity contribution in [2.24, 2.45) is 5.92 Å². The van der Waals surface area contributed by atoms with Crippen LogP contribution in [0.3, 0.4) is 0 Å². The third-order valence-corrected chi connectivity index (χ3v) is 1.77. The van der Waals surface area contributed by atoms with Gasteiger partial charge in [0.1, 0.15) is 0 Å². The van der Waals surface area contributed by atoms with E-state index >= 15 is 0 Å². The van der Waals surface area contributed by atoms with Crippen molar-refractivity contribution in [1.29, 1.82) is 0 Å². The Kier molecular flexibility index (Phi) is 2.12. The minimum absolute atomic E-state index is 0.0244. The minimum atomic E-state index is -4.73. The molecule has 0 bridgehead atoms. The van der Waals surface area contributed by atoms with E-state index in [1.807, 2.05) is 0 Å². The number of halogens is 3. The van der Waals surface area contributed by atoms with Gasteiger partial charge in [0.2, 0.25) is 0 Å². The number of alkyl halides is 3. The first-order chi connectivity index (χ1) is 5.45. The van der Waals surface area contributed by atoms with E-state index in [1.165, 1.54) is 0 Å². The van der Waals surface area contributed by atoms with E-state index < -0.39 is 12.1 Å². The number of carbonyl (C=O) groups excluding carboxylic acids is 1. The van der Waals surface area contributed by atoms with Crippen LogP contribution in [0, 0.1) is 5.92 Å². The Morgan fingerprint density at radius 1 is 1.50 bits per heavy atom. The molecule has 0 aromatic heterocycles. The lowest BCUT2D eigenvalue weighted by Gasteiger charge is -2.37. The van der Waals surface area contributed by atoms with Gasteiger partial charge in [-0.15, -0.1) is 6.58 Å². The second kappa shape index (κ2) is 2.80. The lowest BCUT2D eigenvalue weighted by atomic mass is 10.0. The van der Waals surface area contributed by atoms with Gasteiger partial charge in [-0.25, -0.2) is 0 Å². The van der Waals surface area contributed by atoms with Crippen molar-refractivity contribution in [2.75, 3.05) is 13.1 Å². The molecule has 1 heterocycles. The van der Waals surface area contributed by atoms with Crippen LogP contribution in [-0.2, 0) is 4.79 Å². The van der Waals surface area contributed by atoms with Crippen molar-refractivity contribution < 1.29 is 18.0 Å². The van der Waals surface area contributed by atoms with Crippen LogP contribution in [0.4, 0.5) is 13.2 Å². The molecule has 2 nitrogen and oxygen atoms in total. The first-order valence-corrected chi connectivity index (χ1v) is 3.44. The molecule has 12 heavy (non-hydrogen) atoms. The zero-order valence-electron chi connectivity index (χ0n) is 6.27. The number of rotatable bonds is 1. The second-order valence-electron chi connectivity index (χ2n) is 2.70. The molecule has 0 atom stereocenters. The molecule has 0 N–H and O–H groups in total. The fourth-order valence-electron chi connectivity index (χ4n) is 1.01. The maximum absolute atomic E-state index is 11.7. The van der Waals surface area contributed by atoms with Crippen molar-refractivity contribution in [1.82, 2.24) is 4.90 Å². The van der Waals surface area contributed by atoms with E-state index in [4.69, 9.17) is 0 Å². The Bertz CT molecular complexity index is 205. The smallest absolute Gasteiger partial charge is 0.334 e. The van der Waals surface area contributed by atoms with Gasteiger partial charge in [0.05, 0.1) is 0 Å². The summed E-state index contributed by atoms with van der Waals surface area (Å²) >= 11 is 0. The molecule has 0 spiro atoms. The van der Waals surface area contributed by atoms with Gasteiger partial charge < -0.3 is 4.90 Å². The van der Waals surface area contributed by atoms with Crippen LogP contribution in [0.2, 0.25) is 0 Å². The van der Waals surface area contributed by atoms with Gasteiger partial charge in [0.25, 0.3) is 0 Å². The Morgan fingerprint density at radius 2 is 2.00 bits per heavy atom. The fraction of sp³-hybridized carbons (Fsp3) is 0.571. The van der Waals surface area contributed by atoms with Crippen LogP contribution in [0.5, 0.6) is 0 Å². The van der Waals surface area contributed by atoms with Gasteiger partial charge in [0, 0.05) is 19.0 Å². The largest absolute Gasteiger partial charge is 0.471 e. The minimum Gasteiger partial charge on any atom is -0.334 e. The van der Waals surface area contributed by atoms with Gasteiger partial charge in [-0.1, -0.05) is 6.08 Å². The number of nitrogens with zero attached hydrogens (tertiary/aromatic N) is 1. The van der Waals surface area contributed by atoms with Crippen molar-refractivity contribution >= 4 is 5.91 Å². The topological polar surface area (TPSA) is 20.3 Å². The van der Waals surface area contributed by atoms with Gasteiger partial charge in [-0.05, 0) is 0 Å². The number of carbonyl (C=O) groups is 1. The van der Waals surface area contributed by atoms with E-state index in [0.717, 1.165) is 4.90 Å². The average Bonchev–Trinajstić information content (AvgIpc) is 1.83. The monoisotopic (exact) mass is 179 g/mol.